The van der Waals surface area contributed by atoms with Gasteiger partial charge in [-0.3, -0.25) is 9.59 Å². The van der Waals surface area contributed by atoms with Gasteiger partial charge in [0.25, 0.3) is 5.91 Å². The second-order valence-corrected chi connectivity index (χ2v) is 12.3. The molecular formula is C32H45N3O4. The molecule has 2 aromatic carbocycles. The number of aryl methyl sites for hydroxylation is 2. The largest absolute Gasteiger partial charge is 0.444 e. The Kier molecular flexibility index (Phi) is 10.1. The monoisotopic (exact) mass is 535 g/mol. The third-order valence-corrected chi connectivity index (χ3v) is 6.26. The smallest absolute Gasteiger partial charge is 0.408 e. The van der Waals surface area contributed by atoms with Crippen LogP contribution in [0.5, 0.6) is 0 Å². The maximum Gasteiger partial charge on any atom is 0.408 e. The van der Waals surface area contributed by atoms with Gasteiger partial charge in [0.2, 0.25) is 5.91 Å². The number of nitrogens with zero attached hydrogens (tertiary/aromatic N) is 1. The SMILES string of the molecule is C=Cc1cccc(C(C(=O)Nc2c(C)cccc2C)N(C(=O)C(NC(=O)OC(C)(C)C)C(C)C)C(C)(C)C)c1. The number of hydrogen-bond donors (Lipinski definition) is 2. The summed E-state index contributed by atoms with van der Waals surface area (Å²) >= 11 is 0. The Morgan fingerprint density at radius 2 is 1.51 bits per heavy atom. The summed E-state index contributed by atoms with van der Waals surface area (Å²) in [5.74, 6) is -0.998. The summed E-state index contributed by atoms with van der Waals surface area (Å²) in [6.45, 7) is 22.4. The highest BCUT2D eigenvalue weighted by Gasteiger charge is 2.43. The molecular weight excluding hydrogens is 490 g/mol. The Labute approximate surface area is 234 Å². The van der Waals surface area contributed by atoms with Crippen LogP contribution in [-0.4, -0.2) is 40.0 Å². The predicted octanol–water partition coefficient (Wildman–Crippen LogP) is 6.80. The van der Waals surface area contributed by atoms with Gasteiger partial charge >= 0.3 is 6.09 Å². The van der Waals surface area contributed by atoms with E-state index in [1.807, 2.05) is 90.9 Å². The number of ether oxygens (including phenoxy) is 1. The van der Waals surface area contributed by atoms with Crippen LogP contribution in [0.3, 0.4) is 0 Å². The van der Waals surface area contributed by atoms with Gasteiger partial charge in [-0.05, 0) is 89.6 Å². The molecule has 0 saturated heterocycles. The van der Waals surface area contributed by atoms with Gasteiger partial charge in [-0.15, -0.1) is 0 Å². The Hall–Kier alpha value is -3.61. The number of hydrogen-bond acceptors (Lipinski definition) is 4. The van der Waals surface area contributed by atoms with Crippen molar-refractivity contribution in [2.45, 2.75) is 92.5 Å². The number of carbonyl (C=O) groups is 3. The molecule has 0 spiro atoms. The quantitative estimate of drug-likeness (QED) is 0.389. The zero-order valence-corrected chi connectivity index (χ0v) is 25.1. The summed E-state index contributed by atoms with van der Waals surface area (Å²) in [5.41, 5.74) is 2.50. The van der Waals surface area contributed by atoms with E-state index in [0.717, 1.165) is 16.7 Å². The number of carbonyl (C=O) groups excluding carboxylic acids is 3. The zero-order chi connectivity index (χ0) is 29.7. The van der Waals surface area contributed by atoms with Crippen LogP contribution in [0, 0.1) is 19.8 Å². The van der Waals surface area contributed by atoms with Crippen molar-refractivity contribution < 1.29 is 19.1 Å². The molecule has 0 aromatic heterocycles. The lowest BCUT2D eigenvalue weighted by molar-refractivity contribution is -0.147. The van der Waals surface area contributed by atoms with Gasteiger partial charge in [0.15, 0.2) is 0 Å². The lowest BCUT2D eigenvalue weighted by atomic mass is 9.92. The molecule has 212 valence electrons. The van der Waals surface area contributed by atoms with Crippen LogP contribution in [0.15, 0.2) is 49.0 Å². The number of alkyl carbamates (subject to hydrolysis) is 1. The molecule has 2 aromatic rings. The van der Waals surface area contributed by atoms with Gasteiger partial charge in [0.1, 0.15) is 17.7 Å². The topological polar surface area (TPSA) is 87.7 Å². The van der Waals surface area contributed by atoms with E-state index in [0.29, 0.717) is 11.3 Å². The zero-order valence-electron chi connectivity index (χ0n) is 25.1. The van der Waals surface area contributed by atoms with Crippen molar-refractivity contribution in [1.29, 1.82) is 0 Å². The molecule has 39 heavy (non-hydrogen) atoms. The summed E-state index contributed by atoms with van der Waals surface area (Å²) < 4.78 is 5.45. The first-order valence-electron chi connectivity index (χ1n) is 13.4. The van der Waals surface area contributed by atoms with Crippen molar-refractivity contribution in [3.05, 3.63) is 71.3 Å². The minimum absolute atomic E-state index is 0.267. The second-order valence-electron chi connectivity index (χ2n) is 12.3. The molecule has 3 amide bonds. The highest BCUT2D eigenvalue weighted by Crippen LogP contribution is 2.33. The molecule has 0 aliphatic heterocycles. The van der Waals surface area contributed by atoms with E-state index in [1.54, 1.807) is 31.7 Å². The van der Waals surface area contributed by atoms with Gasteiger partial charge in [0, 0.05) is 11.2 Å². The van der Waals surface area contributed by atoms with Crippen molar-refractivity contribution in [2.24, 2.45) is 5.92 Å². The fourth-order valence-corrected chi connectivity index (χ4v) is 4.42. The Bertz CT molecular complexity index is 1180. The summed E-state index contributed by atoms with van der Waals surface area (Å²) in [4.78, 5) is 42.8. The molecule has 0 heterocycles. The number of benzene rings is 2. The summed E-state index contributed by atoms with van der Waals surface area (Å²) in [6.07, 6.45) is 1.02. The molecule has 0 bridgehead atoms. The van der Waals surface area contributed by atoms with E-state index in [-0.39, 0.29) is 17.7 Å². The summed E-state index contributed by atoms with van der Waals surface area (Å²) in [6, 6.07) is 11.3. The first kappa shape index (κ1) is 31.6. The highest BCUT2D eigenvalue weighted by molar-refractivity contribution is 6.00. The molecule has 0 saturated carbocycles. The van der Waals surface area contributed by atoms with Crippen LogP contribution in [0.2, 0.25) is 0 Å². The van der Waals surface area contributed by atoms with Crippen molar-refractivity contribution >= 4 is 29.7 Å². The first-order chi connectivity index (χ1) is 18.0. The van der Waals surface area contributed by atoms with Crippen molar-refractivity contribution in [3.8, 4) is 0 Å². The Balaban J connectivity index is 2.66. The third kappa shape index (κ3) is 8.44. The van der Waals surface area contributed by atoms with E-state index in [2.05, 4.69) is 17.2 Å². The van der Waals surface area contributed by atoms with Gasteiger partial charge in [-0.1, -0.05) is 62.9 Å². The van der Waals surface area contributed by atoms with E-state index in [4.69, 9.17) is 4.74 Å². The molecule has 7 heteroatoms. The average molecular weight is 536 g/mol. The number of rotatable bonds is 8. The van der Waals surface area contributed by atoms with Crippen LogP contribution < -0.4 is 10.6 Å². The second kappa shape index (κ2) is 12.5. The number of amides is 3. The van der Waals surface area contributed by atoms with Crippen LogP contribution in [0.25, 0.3) is 6.08 Å². The lowest BCUT2D eigenvalue weighted by Crippen LogP contribution is -2.59. The van der Waals surface area contributed by atoms with E-state index < -0.39 is 29.3 Å². The maximum absolute atomic E-state index is 14.3. The normalized spacial score (nSPS) is 13.3. The van der Waals surface area contributed by atoms with E-state index in [1.165, 1.54) is 0 Å². The molecule has 0 radical (unpaired) electrons. The number of nitrogens with one attached hydrogen (secondary N) is 2. The van der Waals surface area contributed by atoms with Crippen LogP contribution >= 0.6 is 0 Å². The van der Waals surface area contributed by atoms with E-state index in [9.17, 15) is 14.4 Å². The Morgan fingerprint density at radius 3 is 2.00 bits per heavy atom. The fourth-order valence-electron chi connectivity index (χ4n) is 4.42. The third-order valence-electron chi connectivity index (χ3n) is 6.26. The molecule has 0 aliphatic rings. The molecule has 0 fully saturated rings. The van der Waals surface area contributed by atoms with E-state index >= 15 is 0 Å². The van der Waals surface area contributed by atoms with Crippen molar-refractivity contribution in [3.63, 3.8) is 0 Å². The van der Waals surface area contributed by atoms with Crippen LogP contribution in [0.1, 0.15) is 83.7 Å². The number of para-hydroxylation sites is 1. The predicted molar refractivity (Wildman–Crippen MR) is 158 cm³/mol. The molecule has 2 unspecified atom stereocenters. The van der Waals surface area contributed by atoms with Gasteiger partial charge in [-0.25, -0.2) is 4.79 Å². The molecule has 2 rings (SSSR count). The summed E-state index contributed by atoms with van der Waals surface area (Å²) in [5, 5.41) is 5.85. The Morgan fingerprint density at radius 1 is 0.949 bits per heavy atom. The van der Waals surface area contributed by atoms with Crippen molar-refractivity contribution in [1.82, 2.24) is 10.2 Å². The molecule has 2 atom stereocenters. The first-order valence-corrected chi connectivity index (χ1v) is 13.4. The maximum atomic E-state index is 14.3. The standard InChI is InChI=1S/C32H45N3O4/c1-12-23-17-14-18-24(19-23)27(28(36)33-26-21(4)15-13-16-22(26)5)35(31(6,7)8)29(37)25(20(2)3)34-30(38)39-32(9,10)11/h12-20,25,27H,1H2,2-11H3,(H,33,36)(H,34,38). The van der Waals surface area contributed by atoms with Gasteiger partial charge in [0.05, 0.1) is 0 Å². The highest BCUT2D eigenvalue weighted by atomic mass is 16.6. The summed E-state index contributed by atoms with van der Waals surface area (Å²) in [7, 11) is 0. The minimum atomic E-state index is -0.988. The van der Waals surface area contributed by atoms with Crippen LogP contribution in [0.4, 0.5) is 10.5 Å². The fraction of sp³-hybridized carbons (Fsp3) is 0.469. The lowest BCUT2D eigenvalue weighted by Gasteiger charge is -2.43. The number of anilines is 1. The van der Waals surface area contributed by atoms with Crippen LogP contribution in [-0.2, 0) is 14.3 Å². The molecule has 0 aliphatic carbocycles. The average Bonchev–Trinajstić information content (AvgIpc) is 2.80. The molecule has 7 nitrogen and oxygen atoms in total. The minimum Gasteiger partial charge on any atom is -0.444 e. The van der Waals surface area contributed by atoms with Gasteiger partial charge < -0.3 is 20.3 Å². The van der Waals surface area contributed by atoms with Crippen molar-refractivity contribution in [2.75, 3.05) is 5.32 Å². The van der Waals surface area contributed by atoms with Gasteiger partial charge in [-0.2, -0.15) is 0 Å². The molecule has 2 N–H and O–H groups in total.